The maximum absolute atomic E-state index is 12.1. The fourth-order valence-corrected chi connectivity index (χ4v) is 3.37. The van der Waals surface area contributed by atoms with Crippen LogP contribution < -0.4 is 9.64 Å². The molecule has 1 aliphatic heterocycles. The van der Waals surface area contributed by atoms with Crippen LogP contribution in [-0.2, 0) is 4.79 Å². The number of carbonyl (C=O) groups excluding carboxylic acids is 1. The van der Waals surface area contributed by atoms with E-state index < -0.39 is 12.1 Å². The Labute approximate surface area is 173 Å². The van der Waals surface area contributed by atoms with Gasteiger partial charge in [0.1, 0.15) is 11.5 Å². The van der Waals surface area contributed by atoms with E-state index in [4.69, 9.17) is 27.9 Å². The molecule has 148 valence electrons. The summed E-state index contributed by atoms with van der Waals surface area (Å²) in [7, 11) is 1.49. The summed E-state index contributed by atoms with van der Waals surface area (Å²) in [6.45, 7) is 2.41. The van der Waals surface area contributed by atoms with Crippen LogP contribution in [0.1, 0.15) is 31.4 Å². The number of amides is 2. The second-order valence-electron chi connectivity index (χ2n) is 6.62. The Morgan fingerprint density at radius 2 is 1.96 bits per heavy atom. The van der Waals surface area contributed by atoms with E-state index in [-0.39, 0.29) is 5.91 Å². The van der Waals surface area contributed by atoms with E-state index in [1.807, 2.05) is 0 Å². The summed E-state index contributed by atoms with van der Waals surface area (Å²) in [6, 6.07) is 9.76. The van der Waals surface area contributed by atoms with Gasteiger partial charge in [0.2, 0.25) is 5.91 Å². The standard InChI is InChI=1S/C20H20Cl2N2O4/c1-12(23(2)20(26)27)15-10-13(24-9-3-4-19(24)25)5-8-18(15)28-14-6-7-16(21)17(22)11-14/h5-8,10-12H,3-4,9H2,1-2H3,(H,26,27). The molecule has 0 aliphatic carbocycles. The highest BCUT2D eigenvalue weighted by atomic mass is 35.5. The molecule has 0 saturated carbocycles. The number of ether oxygens (including phenoxy) is 1. The molecule has 0 bridgehead atoms. The predicted molar refractivity (Wildman–Crippen MR) is 109 cm³/mol. The number of carboxylic acid groups (broad SMARTS) is 1. The van der Waals surface area contributed by atoms with Crippen molar-refractivity contribution in [2.24, 2.45) is 0 Å². The number of anilines is 1. The van der Waals surface area contributed by atoms with Crippen molar-refractivity contribution >= 4 is 40.9 Å². The van der Waals surface area contributed by atoms with Crippen LogP contribution in [0.2, 0.25) is 10.0 Å². The van der Waals surface area contributed by atoms with E-state index in [9.17, 15) is 14.7 Å². The number of halogens is 2. The molecule has 3 rings (SSSR count). The summed E-state index contributed by atoms with van der Waals surface area (Å²) in [5, 5.41) is 10.1. The van der Waals surface area contributed by atoms with Gasteiger partial charge >= 0.3 is 6.09 Å². The monoisotopic (exact) mass is 422 g/mol. The molecule has 1 heterocycles. The fourth-order valence-electron chi connectivity index (χ4n) is 3.09. The lowest BCUT2D eigenvalue weighted by Crippen LogP contribution is -2.29. The highest BCUT2D eigenvalue weighted by Gasteiger charge is 2.26. The third-order valence-electron chi connectivity index (χ3n) is 4.83. The molecule has 1 unspecified atom stereocenters. The second-order valence-corrected chi connectivity index (χ2v) is 7.43. The van der Waals surface area contributed by atoms with Gasteiger partial charge in [-0.05, 0) is 43.7 Å². The van der Waals surface area contributed by atoms with Gasteiger partial charge in [-0.1, -0.05) is 23.2 Å². The molecule has 1 atom stereocenters. The minimum absolute atomic E-state index is 0.0587. The molecule has 6 nitrogen and oxygen atoms in total. The Morgan fingerprint density at radius 1 is 1.21 bits per heavy atom. The lowest BCUT2D eigenvalue weighted by molar-refractivity contribution is -0.117. The number of hydrogen-bond acceptors (Lipinski definition) is 3. The first-order valence-corrected chi connectivity index (χ1v) is 9.56. The minimum atomic E-state index is -1.06. The molecule has 0 radical (unpaired) electrons. The molecular formula is C20H20Cl2N2O4. The van der Waals surface area contributed by atoms with Gasteiger partial charge in [-0.25, -0.2) is 4.79 Å². The summed E-state index contributed by atoms with van der Waals surface area (Å²) < 4.78 is 5.97. The Balaban J connectivity index is 2.00. The Morgan fingerprint density at radius 3 is 2.57 bits per heavy atom. The average molecular weight is 423 g/mol. The van der Waals surface area contributed by atoms with Gasteiger partial charge in [-0.3, -0.25) is 4.79 Å². The quantitative estimate of drug-likeness (QED) is 0.681. The SMILES string of the molecule is CC(c1cc(N2CCCC2=O)ccc1Oc1ccc(Cl)c(Cl)c1)N(C)C(=O)O. The van der Waals surface area contributed by atoms with Crippen LogP contribution in [0.25, 0.3) is 0 Å². The van der Waals surface area contributed by atoms with Crippen molar-refractivity contribution in [3.05, 3.63) is 52.0 Å². The third-order valence-corrected chi connectivity index (χ3v) is 5.57. The van der Waals surface area contributed by atoms with Gasteiger partial charge in [-0.2, -0.15) is 0 Å². The van der Waals surface area contributed by atoms with Crippen molar-refractivity contribution in [3.63, 3.8) is 0 Å². The minimum Gasteiger partial charge on any atom is -0.465 e. The highest BCUT2D eigenvalue weighted by Crippen LogP contribution is 2.37. The van der Waals surface area contributed by atoms with E-state index in [2.05, 4.69) is 0 Å². The molecule has 2 aromatic rings. The van der Waals surface area contributed by atoms with Crippen LogP contribution in [0.4, 0.5) is 10.5 Å². The first kappa shape index (κ1) is 20.3. The zero-order valence-corrected chi connectivity index (χ0v) is 17.0. The Hall–Kier alpha value is -2.44. The number of hydrogen-bond donors (Lipinski definition) is 1. The van der Waals surface area contributed by atoms with Crippen LogP contribution in [0.5, 0.6) is 11.5 Å². The number of benzene rings is 2. The summed E-state index contributed by atoms with van der Waals surface area (Å²) in [6.07, 6.45) is 0.262. The fraction of sp³-hybridized carbons (Fsp3) is 0.300. The molecule has 1 aliphatic rings. The van der Waals surface area contributed by atoms with Gasteiger partial charge in [0.15, 0.2) is 0 Å². The van der Waals surface area contributed by atoms with Crippen molar-refractivity contribution in [1.29, 1.82) is 0 Å². The van der Waals surface area contributed by atoms with Crippen molar-refractivity contribution in [1.82, 2.24) is 4.90 Å². The smallest absolute Gasteiger partial charge is 0.407 e. The van der Waals surface area contributed by atoms with E-state index in [0.717, 1.165) is 12.1 Å². The number of rotatable bonds is 5. The molecular weight excluding hydrogens is 403 g/mol. The van der Waals surface area contributed by atoms with Crippen LogP contribution in [-0.4, -0.2) is 35.6 Å². The molecule has 28 heavy (non-hydrogen) atoms. The summed E-state index contributed by atoms with van der Waals surface area (Å²) in [4.78, 5) is 26.4. The van der Waals surface area contributed by atoms with Crippen molar-refractivity contribution in [2.45, 2.75) is 25.8 Å². The third kappa shape index (κ3) is 4.18. The Kier molecular flexibility index (Phi) is 6.01. The van der Waals surface area contributed by atoms with Crippen LogP contribution in [0, 0.1) is 0 Å². The van der Waals surface area contributed by atoms with Gasteiger partial charge in [-0.15, -0.1) is 0 Å². The summed E-state index contributed by atoms with van der Waals surface area (Å²) in [5.74, 6) is 1.02. The van der Waals surface area contributed by atoms with Gasteiger partial charge in [0, 0.05) is 37.3 Å². The van der Waals surface area contributed by atoms with Crippen molar-refractivity contribution < 1.29 is 19.4 Å². The van der Waals surface area contributed by atoms with Crippen LogP contribution in [0.3, 0.4) is 0 Å². The lowest BCUT2D eigenvalue weighted by Gasteiger charge is -2.26. The number of nitrogens with zero attached hydrogens (tertiary/aromatic N) is 2. The van der Waals surface area contributed by atoms with Crippen LogP contribution in [0.15, 0.2) is 36.4 Å². The van der Waals surface area contributed by atoms with Gasteiger partial charge in [0.05, 0.1) is 16.1 Å². The van der Waals surface area contributed by atoms with E-state index in [1.54, 1.807) is 48.2 Å². The molecule has 2 aromatic carbocycles. The zero-order valence-electron chi connectivity index (χ0n) is 15.5. The average Bonchev–Trinajstić information content (AvgIpc) is 3.09. The van der Waals surface area contributed by atoms with Gasteiger partial charge < -0.3 is 19.6 Å². The number of carbonyl (C=O) groups is 2. The summed E-state index contributed by atoms with van der Waals surface area (Å²) in [5.41, 5.74) is 1.37. The molecule has 0 spiro atoms. The normalized spacial score (nSPS) is 14.9. The van der Waals surface area contributed by atoms with Crippen molar-refractivity contribution in [3.8, 4) is 11.5 Å². The first-order chi connectivity index (χ1) is 13.3. The van der Waals surface area contributed by atoms with Gasteiger partial charge in [0.25, 0.3) is 0 Å². The topological polar surface area (TPSA) is 70.1 Å². The molecule has 0 aromatic heterocycles. The molecule has 1 fully saturated rings. The van der Waals surface area contributed by atoms with Crippen LogP contribution >= 0.6 is 23.2 Å². The molecule has 1 N–H and O–H groups in total. The largest absolute Gasteiger partial charge is 0.465 e. The van der Waals surface area contributed by atoms with E-state index in [1.165, 1.54) is 11.9 Å². The first-order valence-electron chi connectivity index (χ1n) is 8.81. The maximum atomic E-state index is 12.1. The highest BCUT2D eigenvalue weighted by molar-refractivity contribution is 6.42. The zero-order chi connectivity index (χ0) is 20.4. The van der Waals surface area contributed by atoms with Crippen molar-refractivity contribution in [2.75, 3.05) is 18.5 Å². The second kappa shape index (κ2) is 8.29. The van der Waals surface area contributed by atoms with E-state index in [0.29, 0.717) is 40.1 Å². The van der Waals surface area contributed by atoms with E-state index >= 15 is 0 Å². The lowest BCUT2D eigenvalue weighted by atomic mass is 10.0. The molecule has 1 saturated heterocycles. The summed E-state index contributed by atoms with van der Waals surface area (Å²) >= 11 is 12.0. The maximum Gasteiger partial charge on any atom is 0.407 e. The molecule has 8 heteroatoms. The molecule has 2 amide bonds. The Bertz CT molecular complexity index is 919. The predicted octanol–water partition coefficient (Wildman–Crippen LogP) is 5.58.